The predicted molar refractivity (Wildman–Crippen MR) is 70.4 cm³/mol. The Morgan fingerprint density at radius 1 is 1.31 bits per heavy atom. The number of allylic oxidation sites excluding steroid dienone is 1. The summed E-state index contributed by atoms with van der Waals surface area (Å²) < 4.78 is 0. The van der Waals surface area contributed by atoms with Gasteiger partial charge in [-0.2, -0.15) is 0 Å². The summed E-state index contributed by atoms with van der Waals surface area (Å²) in [6.07, 6.45) is 4.35. The van der Waals surface area contributed by atoms with Gasteiger partial charge in [-0.15, -0.1) is 0 Å². The molecule has 2 heterocycles. The number of nitrogens with zero attached hydrogens (tertiary/aromatic N) is 1. The molecule has 0 aliphatic carbocycles. The fourth-order valence-corrected chi connectivity index (χ4v) is 3.78. The predicted octanol–water partition coefficient (Wildman–Crippen LogP) is 3.93. The minimum atomic E-state index is -0.0182. The molecule has 3 rings (SSSR count). The van der Waals surface area contributed by atoms with E-state index in [1.807, 2.05) is 18.0 Å². The van der Waals surface area contributed by atoms with Gasteiger partial charge in [-0.1, -0.05) is 35.5 Å². The maximum Gasteiger partial charge on any atom is 0.118 e. The topological polar surface area (TPSA) is 12.4 Å². The molecule has 2 heteroatoms. The van der Waals surface area contributed by atoms with Crippen LogP contribution in [0, 0.1) is 6.92 Å². The summed E-state index contributed by atoms with van der Waals surface area (Å²) in [6, 6.07) is 6.73. The molecule has 1 aromatic rings. The van der Waals surface area contributed by atoms with E-state index >= 15 is 0 Å². The molecule has 0 N–H and O–H groups in total. The summed E-state index contributed by atoms with van der Waals surface area (Å²) in [4.78, 5) is 6.09. The molecule has 0 amide bonds. The summed E-state index contributed by atoms with van der Waals surface area (Å²) in [5.74, 6) is 0.442. The van der Waals surface area contributed by atoms with Crippen molar-refractivity contribution in [3.8, 4) is 0 Å². The molecule has 0 spiro atoms. The minimum Gasteiger partial charge on any atom is -0.274 e. The highest BCUT2D eigenvalue weighted by atomic mass is 32.2. The molecule has 0 saturated heterocycles. The second kappa shape index (κ2) is 3.24. The lowest BCUT2D eigenvalue weighted by atomic mass is 9.88. The van der Waals surface area contributed by atoms with Crippen LogP contribution in [0.15, 0.2) is 39.7 Å². The number of fused-ring (bicyclic) bond motifs is 3. The van der Waals surface area contributed by atoms with Crippen LogP contribution < -0.4 is 0 Å². The number of dihydropyridines is 1. The lowest BCUT2D eigenvalue weighted by molar-refractivity contribution is 0.613. The van der Waals surface area contributed by atoms with Crippen LogP contribution in [0.5, 0.6) is 0 Å². The molecular weight excluding hydrogens is 214 g/mol. The number of aliphatic imine (C=N–C) groups is 1. The average molecular weight is 229 g/mol. The molecule has 0 radical (unpaired) electrons. The molecule has 0 bridgehead atoms. The molecule has 2 atom stereocenters. The van der Waals surface area contributed by atoms with Gasteiger partial charge in [0.25, 0.3) is 0 Å². The number of rotatable bonds is 0. The number of aryl methyl sites for hydroxylation is 1. The number of thioether (sulfide) groups is 1. The van der Waals surface area contributed by atoms with Crippen LogP contribution in [0.2, 0.25) is 0 Å². The maximum absolute atomic E-state index is 4.72. The van der Waals surface area contributed by atoms with E-state index in [2.05, 4.69) is 45.0 Å². The number of benzene rings is 1. The largest absolute Gasteiger partial charge is 0.274 e. The second-order valence-electron chi connectivity index (χ2n) is 4.84. The van der Waals surface area contributed by atoms with Crippen molar-refractivity contribution in [2.45, 2.75) is 36.5 Å². The summed E-state index contributed by atoms with van der Waals surface area (Å²) in [7, 11) is 0. The van der Waals surface area contributed by atoms with E-state index in [-0.39, 0.29) is 4.87 Å². The van der Waals surface area contributed by atoms with Crippen molar-refractivity contribution >= 4 is 18.0 Å². The average Bonchev–Trinajstić information content (AvgIpc) is 2.52. The SMILES string of the molecule is CC1=CC2c3cc(C)ccc3SC2(C)N=C1. The Morgan fingerprint density at radius 3 is 2.94 bits per heavy atom. The third-order valence-corrected chi connectivity index (χ3v) is 4.71. The van der Waals surface area contributed by atoms with Gasteiger partial charge in [-0.25, -0.2) is 0 Å². The standard InChI is InChI=1S/C14H15NS/c1-9-4-5-13-11(6-9)12-7-10(2)8-15-14(12,3)16-13/h4-8,12H,1-3H3. The molecule has 82 valence electrons. The molecule has 1 nitrogen and oxygen atoms in total. The lowest BCUT2D eigenvalue weighted by Gasteiger charge is -2.27. The van der Waals surface area contributed by atoms with Gasteiger partial charge in [0.05, 0.1) is 0 Å². The van der Waals surface area contributed by atoms with Crippen LogP contribution in [0.1, 0.15) is 30.9 Å². The molecule has 16 heavy (non-hydrogen) atoms. The van der Waals surface area contributed by atoms with Gasteiger partial charge in [0.15, 0.2) is 0 Å². The number of hydrogen-bond acceptors (Lipinski definition) is 2. The van der Waals surface area contributed by atoms with Gasteiger partial charge >= 0.3 is 0 Å². The summed E-state index contributed by atoms with van der Waals surface area (Å²) in [5, 5.41) is 0. The van der Waals surface area contributed by atoms with E-state index in [0.717, 1.165) is 0 Å². The molecular formula is C14H15NS. The first-order valence-electron chi connectivity index (χ1n) is 5.62. The Hall–Kier alpha value is -1.02. The van der Waals surface area contributed by atoms with Gasteiger partial charge in [0.2, 0.25) is 0 Å². The van der Waals surface area contributed by atoms with Crippen molar-refractivity contribution in [1.29, 1.82) is 0 Å². The van der Waals surface area contributed by atoms with Crippen molar-refractivity contribution < 1.29 is 0 Å². The zero-order valence-electron chi connectivity index (χ0n) is 9.82. The van der Waals surface area contributed by atoms with Crippen molar-refractivity contribution in [2.24, 2.45) is 4.99 Å². The van der Waals surface area contributed by atoms with Gasteiger partial charge < -0.3 is 0 Å². The Kier molecular flexibility index (Phi) is 2.05. The summed E-state index contributed by atoms with van der Waals surface area (Å²) >= 11 is 1.89. The van der Waals surface area contributed by atoms with E-state index in [4.69, 9.17) is 4.99 Å². The van der Waals surface area contributed by atoms with Crippen molar-refractivity contribution in [2.75, 3.05) is 0 Å². The van der Waals surface area contributed by atoms with E-state index < -0.39 is 0 Å². The highest BCUT2D eigenvalue weighted by Crippen LogP contribution is 2.55. The van der Waals surface area contributed by atoms with E-state index in [9.17, 15) is 0 Å². The first-order chi connectivity index (χ1) is 7.58. The zero-order chi connectivity index (χ0) is 11.3. The summed E-state index contributed by atoms with van der Waals surface area (Å²) in [5.41, 5.74) is 4.06. The third kappa shape index (κ3) is 1.36. The van der Waals surface area contributed by atoms with Crippen LogP contribution in [-0.2, 0) is 0 Å². The third-order valence-electron chi connectivity index (χ3n) is 3.35. The quantitative estimate of drug-likeness (QED) is 0.656. The minimum absolute atomic E-state index is 0.0182. The van der Waals surface area contributed by atoms with Gasteiger partial charge in [-0.3, -0.25) is 4.99 Å². The highest BCUT2D eigenvalue weighted by molar-refractivity contribution is 8.01. The molecule has 0 aromatic heterocycles. The van der Waals surface area contributed by atoms with Crippen LogP contribution in [0.25, 0.3) is 0 Å². The van der Waals surface area contributed by atoms with Crippen LogP contribution in [-0.4, -0.2) is 11.1 Å². The van der Waals surface area contributed by atoms with E-state index in [1.54, 1.807) is 0 Å². The normalized spacial score (nSPS) is 30.9. The fraction of sp³-hybridized carbons (Fsp3) is 0.357. The molecule has 2 aliphatic rings. The monoisotopic (exact) mass is 229 g/mol. The molecule has 2 aliphatic heterocycles. The Morgan fingerprint density at radius 2 is 2.12 bits per heavy atom. The highest BCUT2D eigenvalue weighted by Gasteiger charge is 2.43. The zero-order valence-corrected chi connectivity index (χ0v) is 10.6. The first kappa shape index (κ1) is 10.2. The lowest BCUT2D eigenvalue weighted by Crippen LogP contribution is -2.24. The Bertz CT molecular complexity index is 515. The van der Waals surface area contributed by atoms with E-state index in [0.29, 0.717) is 5.92 Å². The molecule has 2 unspecified atom stereocenters. The first-order valence-corrected chi connectivity index (χ1v) is 6.43. The molecule has 1 aromatic carbocycles. The Balaban J connectivity index is 2.17. The smallest absolute Gasteiger partial charge is 0.118 e. The van der Waals surface area contributed by atoms with Crippen molar-refractivity contribution in [3.05, 3.63) is 41.0 Å². The van der Waals surface area contributed by atoms with Gasteiger partial charge in [0.1, 0.15) is 4.87 Å². The second-order valence-corrected chi connectivity index (χ2v) is 6.32. The van der Waals surface area contributed by atoms with Crippen LogP contribution in [0.4, 0.5) is 0 Å². The van der Waals surface area contributed by atoms with Gasteiger partial charge in [-0.05, 0) is 38.0 Å². The van der Waals surface area contributed by atoms with Crippen molar-refractivity contribution in [3.63, 3.8) is 0 Å². The van der Waals surface area contributed by atoms with Crippen molar-refractivity contribution in [1.82, 2.24) is 0 Å². The molecule has 0 fully saturated rings. The van der Waals surface area contributed by atoms with Crippen LogP contribution >= 0.6 is 11.8 Å². The molecule has 0 saturated carbocycles. The van der Waals surface area contributed by atoms with Crippen LogP contribution in [0.3, 0.4) is 0 Å². The summed E-state index contributed by atoms with van der Waals surface area (Å²) in [6.45, 7) is 6.52. The Labute approximate surface area is 101 Å². The maximum atomic E-state index is 4.72. The van der Waals surface area contributed by atoms with E-state index in [1.165, 1.54) is 21.6 Å². The number of hydrogen-bond donors (Lipinski definition) is 0. The van der Waals surface area contributed by atoms with Gasteiger partial charge in [0, 0.05) is 17.0 Å². The fourth-order valence-electron chi connectivity index (χ4n) is 2.47.